The number of nitrogens with two attached hydrogens (primary N) is 1. The highest BCUT2D eigenvalue weighted by atomic mass is 32.2. The summed E-state index contributed by atoms with van der Waals surface area (Å²) in [6.45, 7) is 1.58. The van der Waals surface area contributed by atoms with Gasteiger partial charge in [-0.25, -0.2) is 14.7 Å². The minimum absolute atomic E-state index is 0.0614. The summed E-state index contributed by atoms with van der Waals surface area (Å²) in [6, 6.07) is 13.5. The molecule has 0 aliphatic heterocycles. The number of nitrogens with one attached hydrogen (secondary N) is 2. The Morgan fingerprint density at radius 2 is 1.71 bits per heavy atom. The summed E-state index contributed by atoms with van der Waals surface area (Å²) in [6.07, 6.45) is 5.66. The molecule has 0 unspecified atom stereocenters. The van der Waals surface area contributed by atoms with E-state index in [0.29, 0.717) is 31.1 Å². The van der Waals surface area contributed by atoms with E-state index in [9.17, 15) is 18.0 Å². The molecule has 1 aromatic heterocycles. The van der Waals surface area contributed by atoms with Crippen molar-refractivity contribution in [3.63, 3.8) is 0 Å². The maximum Gasteiger partial charge on any atom is 0.337 e. The largest absolute Gasteiger partial charge is 0.497 e. The van der Waals surface area contributed by atoms with E-state index in [2.05, 4.69) is 10.0 Å². The van der Waals surface area contributed by atoms with Gasteiger partial charge in [-0.15, -0.1) is 0 Å². The normalized spacial score (nSPS) is 14.3. The molecule has 1 fully saturated rings. The molecule has 12 heteroatoms. The number of esters is 1. The molecule has 0 atom stereocenters. The second-order valence-corrected chi connectivity index (χ2v) is 12.1. The summed E-state index contributed by atoms with van der Waals surface area (Å²) >= 11 is 0. The number of carbonyl (C=O) groups excluding carboxylic acids is 2. The summed E-state index contributed by atoms with van der Waals surface area (Å²) in [5.41, 5.74) is 4.40. The SMILES string of the molecule is COC(=O)c1ccc2c(C3CCCCC3)c(-c3ccc(OC)cc3)n(CC(=O)NCCN(C)CCNS(N)(=O)=O)c2c1. The van der Waals surface area contributed by atoms with E-state index in [0.717, 1.165) is 53.6 Å². The molecule has 4 rings (SSSR count). The van der Waals surface area contributed by atoms with Gasteiger partial charge < -0.3 is 24.3 Å². The molecular weight excluding hydrogens is 558 g/mol. The maximum absolute atomic E-state index is 13.4. The number of ether oxygens (including phenoxy) is 2. The number of nitrogens with zero attached hydrogens (tertiary/aromatic N) is 2. The van der Waals surface area contributed by atoms with Crippen LogP contribution in [0.1, 0.15) is 53.9 Å². The van der Waals surface area contributed by atoms with Gasteiger partial charge in [-0.2, -0.15) is 8.42 Å². The Bertz CT molecular complexity index is 1500. The molecule has 1 saturated carbocycles. The third-order valence-corrected chi connectivity index (χ3v) is 8.42. The van der Waals surface area contributed by atoms with Crippen molar-refractivity contribution in [3.05, 3.63) is 53.6 Å². The van der Waals surface area contributed by atoms with Gasteiger partial charge in [-0.1, -0.05) is 25.3 Å². The van der Waals surface area contributed by atoms with Gasteiger partial charge in [0.1, 0.15) is 12.3 Å². The smallest absolute Gasteiger partial charge is 0.337 e. The molecule has 0 bridgehead atoms. The van der Waals surface area contributed by atoms with Gasteiger partial charge in [-0.05, 0) is 73.3 Å². The van der Waals surface area contributed by atoms with Crippen molar-refractivity contribution >= 4 is 33.0 Å². The first-order valence-corrected chi connectivity index (χ1v) is 15.8. The summed E-state index contributed by atoms with van der Waals surface area (Å²) in [5.74, 6) is 0.483. The minimum atomic E-state index is -3.74. The molecule has 0 radical (unpaired) electrons. The number of amides is 1. The van der Waals surface area contributed by atoms with E-state index in [1.807, 2.05) is 52.9 Å². The highest BCUT2D eigenvalue weighted by molar-refractivity contribution is 7.87. The van der Waals surface area contributed by atoms with Crippen molar-refractivity contribution in [2.24, 2.45) is 5.14 Å². The van der Waals surface area contributed by atoms with E-state index in [4.69, 9.17) is 14.6 Å². The quantitative estimate of drug-likeness (QED) is 0.256. The predicted octanol–water partition coefficient (Wildman–Crippen LogP) is 2.99. The van der Waals surface area contributed by atoms with E-state index in [1.165, 1.54) is 19.1 Å². The monoisotopic (exact) mass is 599 g/mol. The van der Waals surface area contributed by atoms with Crippen LogP contribution in [0.25, 0.3) is 22.2 Å². The lowest BCUT2D eigenvalue weighted by Crippen LogP contribution is -2.39. The van der Waals surface area contributed by atoms with Crippen LogP contribution in [0.2, 0.25) is 0 Å². The first kappa shape index (κ1) is 31.5. The fourth-order valence-electron chi connectivity index (χ4n) is 5.73. The third-order valence-electron chi connectivity index (χ3n) is 7.82. The minimum Gasteiger partial charge on any atom is -0.497 e. The van der Waals surface area contributed by atoms with Crippen molar-refractivity contribution in [2.75, 3.05) is 47.4 Å². The van der Waals surface area contributed by atoms with Crippen molar-refractivity contribution in [1.82, 2.24) is 19.5 Å². The van der Waals surface area contributed by atoms with Crippen molar-refractivity contribution < 1.29 is 27.5 Å². The lowest BCUT2D eigenvalue weighted by Gasteiger charge is -2.24. The van der Waals surface area contributed by atoms with E-state index in [1.54, 1.807) is 13.2 Å². The second kappa shape index (κ2) is 14.1. The molecule has 4 N–H and O–H groups in total. The molecule has 42 heavy (non-hydrogen) atoms. The number of rotatable bonds is 13. The number of hydrogen-bond donors (Lipinski definition) is 3. The van der Waals surface area contributed by atoms with Crippen molar-refractivity contribution in [3.8, 4) is 17.0 Å². The average molecular weight is 600 g/mol. The van der Waals surface area contributed by atoms with E-state index >= 15 is 0 Å². The predicted molar refractivity (Wildman–Crippen MR) is 163 cm³/mol. The molecule has 11 nitrogen and oxygen atoms in total. The molecule has 1 aliphatic carbocycles. The molecule has 228 valence electrons. The standard InChI is InChI=1S/C30H41N5O6S/c1-34(18-16-33-42(31,38)39)17-15-32-27(36)20-35-26-19-23(30(37)41-3)11-14-25(26)28(21-7-5-4-6-8-21)29(35)22-9-12-24(40-2)13-10-22/h9-14,19,21,33H,4-8,15-18,20H2,1-3H3,(H,32,36)(H2,31,38,39). The van der Waals surface area contributed by atoms with Crippen LogP contribution in [0.4, 0.5) is 0 Å². The number of aromatic nitrogens is 1. The third kappa shape index (κ3) is 7.88. The molecular formula is C30H41N5O6S. The van der Waals surface area contributed by atoms with Crippen LogP contribution >= 0.6 is 0 Å². The zero-order valence-corrected chi connectivity index (χ0v) is 25.3. The fraction of sp³-hybridized carbons (Fsp3) is 0.467. The number of methoxy groups -OCH3 is 2. The molecule has 3 aromatic rings. The number of carbonyl (C=O) groups is 2. The summed E-state index contributed by atoms with van der Waals surface area (Å²) in [4.78, 5) is 27.7. The Kier molecular flexibility index (Phi) is 10.6. The van der Waals surface area contributed by atoms with Crippen molar-refractivity contribution in [2.45, 2.75) is 44.6 Å². The van der Waals surface area contributed by atoms with Crippen LogP contribution in [0.5, 0.6) is 5.75 Å². The van der Waals surface area contributed by atoms with E-state index < -0.39 is 16.2 Å². The van der Waals surface area contributed by atoms with Crippen LogP contribution in [-0.2, 0) is 26.3 Å². The van der Waals surface area contributed by atoms with Crippen LogP contribution in [0.15, 0.2) is 42.5 Å². The number of fused-ring (bicyclic) bond motifs is 1. The Labute approximate surface area is 247 Å². The maximum atomic E-state index is 13.4. The molecule has 0 saturated heterocycles. The molecule has 1 amide bonds. The Balaban J connectivity index is 1.67. The van der Waals surface area contributed by atoms with Crippen LogP contribution in [0, 0.1) is 0 Å². The van der Waals surface area contributed by atoms with Gasteiger partial charge in [0.2, 0.25) is 5.91 Å². The van der Waals surface area contributed by atoms with Gasteiger partial charge in [0.05, 0.1) is 31.0 Å². The molecule has 1 aliphatic rings. The Hall–Kier alpha value is -3.45. The topological polar surface area (TPSA) is 145 Å². The number of likely N-dealkylation sites (N-methyl/N-ethyl adjacent to an activating group) is 1. The first-order valence-electron chi connectivity index (χ1n) is 14.2. The number of hydrogen-bond acceptors (Lipinski definition) is 7. The Morgan fingerprint density at radius 3 is 2.36 bits per heavy atom. The highest BCUT2D eigenvalue weighted by Gasteiger charge is 2.28. The fourth-order valence-corrected chi connectivity index (χ4v) is 6.10. The zero-order chi connectivity index (χ0) is 30.3. The first-order chi connectivity index (χ1) is 20.1. The molecule has 2 aromatic carbocycles. The number of benzene rings is 2. The van der Waals surface area contributed by atoms with Crippen LogP contribution < -0.4 is 19.9 Å². The Morgan fingerprint density at radius 1 is 1.02 bits per heavy atom. The van der Waals surface area contributed by atoms with Gasteiger partial charge in [0.15, 0.2) is 0 Å². The van der Waals surface area contributed by atoms with Gasteiger partial charge in [-0.3, -0.25) is 4.79 Å². The highest BCUT2D eigenvalue weighted by Crippen LogP contribution is 2.44. The summed E-state index contributed by atoms with van der Waals surface area (Å²) in [7, 11) is 1.09. The second-order valence-electron chi connectivity index (χ2n) is 10.7. The molecule has 0 spiro atoms. The van der Waals surface area contributed by atoms with Crippen LogP contribution in [-0.4, -0.2) is 77.2 Å². The average Bonchev–Trinajstić information content (AvgIpc) is 3.29. The van der Waals surface area contributed by atoms with Crippen LogP contribution in [0.3, 0.4) is 0 Å². The summed E-state index contributed by atoms with van der Waals surface area (Å²) < 4.78 is 36.8. The molecule has 1 heterocycles. The van der Waals surface area contributed by atoms with Crippen molar-refractivity contribution in [1.29, 1.82) is 0 Å². The lowest BCUT2D eigenvalue weighted by molar-refractivity contribution is -0.121. The lowest BCUT2D eigenvalue weighted by atomic mass is 9.82. The zero-order valence-electron chi connectivity index (χ0n) is 24.5. The van der Waals surface area contributed by atoms with Gasteiger partial charge in [0.25, 0.3) is 10.2 Å². The van der Waals surface area contributed by atoms with Gasteiger partial charge >= 0.3 is 5.97 Å². The van der Waals surface area contributed by atoms with E-state index in [-0.39, 0.29) is 19.0 Å². The van der Waals surface area contributed by atoms with Gasteiger partial charge in [0, 0.05) is 31.6 Å². The summed E-state index contributed by atoms with van der Waals surface area (Å²) in [5, 5.41) is 9.01.